The van der Waals surface area contributed by atoms with Crippen molar-refractivity contribution in [2.45, 2.75) is 54.4 Å². The van der Waals surface area contributed by atoms with E-state index in [1.165, 1.54) is 0 Å². The van der Waals surface area contributed by atoms with E-state index in [9.17, 15) is 4.79 Å². The number of rotatable bonds is 4. The summed E-state index contributed by atoms with van der Waals surface area (Å²) in [6, 6.07) is 2.03. The van der Waals surface area contributed by atoms with Gasteiger partial charge in [-0.15, -0.1) is 0 Å². The average molecular weight is 371 g/mol. The fraction of sp³-hybridized carbons (Fsp3) is 0.500. The average Bonchev–Trinajstić information content (AvgIpc) is 3.13. The van der Waals surface area contributed by atoms with Crippen LogP contribution < -0.4 is 0 Å². The molecule has 3 aromatic rings. The molecular weight excluding hydrogens is 342 g/mol. The molecule has 0 saturated carbocycles. The molecule has 3 heterocycles. The molecule has 0 aromatic carbocycles. The van der Waals surface area contributed by atoms with Crippen molar-refractivity contribution in [3.8, 4) is 5.69 Å². The van der Waals surface area contributed by atoms with Crippen LogP contribution in [-0.4, -0.2) is 37.1 Å². The van der Waals surface area contributed by atoms with Gasteiger partial charge in [0.05, 0.1) is 29.6 Å². The van der Waals surface area contributed by atoms with E-state index in [-0.39, 0.29) is 11.9 Å². The van der Waals surface area contributed by atoms with Crippen LogP contribution in [0.25, 0.3) is 16.7 Å². The second-order valence-corrected chi connectivity index (χ2v) is 6.28. The van der Waals surface area contributed by atoms with Gasteiger partial charge in [-0.1, -0.05) is 13.8 Å². The number of fused-ring (bicyclic) bond motifs is 1. The van der Waals surface area contributed by atoms with Crippen LogP contribution in [0.2, 0.25) is 0 Å². The van der Waals surface area contributed by atoms with Gasteiger partial charge < -0.3 is 4.74 Å². The zero-order valence-corrected chi connectivity index (χ0v) is 17.5. The maximum absolute atomic E-state index is 12.2. The number of hydrogen-bond acceptors (Lipinski definition) is 5. The minimum Gasteiger partial charge on any atom is -0.466 e. The highest BCUT2D eigenvalue weighted by Gasteiger charge is 2.25. The third kappa shape index (κ3) is 3.86. The van der Waals surface area contributed by atoms with E-state index in [1.54, 1.807) is 4.68 Å². The van der Waals surface area contributed by atoms with Crippen LogP contribution in [0.5, 0.6) is 0 Å². The van der Waals surface area contributed by atoms with Crippen molar-refractivity contribution in [1.29, 1.82) is 0 Å². The first-order chi connectivity index (χ1) is 12.8. The van der Waals surface area contributed by atoms with E-state index in [0.29, 0.717) is 12.3 Å². The highest BCUT2D eigenvalue weighted by Crippen LogP contribution is 2.28. The molecule has 3 rings (SSSR count). The third-order valence-corrected chi connectivity index (χ3v) is 4.42. The zero-order chi connectivity index (χ0) is 20.3. The normalized spacial score (nSPS) is 11.9. The fourth-order valence-corrected chi connectivity index (χ4v) is 3.27. The van der Waals surface area contributed by atoms with E-state index < -0.39 is 0 Å². The molecule has 146 valence electrons. The predicted molar refractivity (Wildman–Crippen MR) is 106 cm³/mol. The van der Waals surface area contributed by atoms with Gasteiger partial charge in [0.25, 0.3) is 0 Å². The number of carbonyl (C=O) groups is 1. The molecule has 1 atom stereocenters. The van der Waals surface area contributed by atoms with Crippen LogP contribution in [0.3, 0.4) is 0 Å². The van der Waals surface area contributed by atoms with Crippen LogP contribution >= 0.6 is 0 Å². The topological polar surface area (TPSA) is 74.8 Å². The number of pyridine rings is 1. The molecule has 0 amide bonds. The van der Waals surface area contributed by atoms with Crippen LogP contribution in [0.15, 0.2) is 12.3 Å². The third-order valence-electron chi connectivity index (χ3n) is 4.42. The molecule has 1 unspecified atom stereocenters. The SMILES string of the molecule is CC.CCOC(=O)C(C)c1c(C)nn(-c2cc3cn(C)nc3nc2C)c1C. The van der Waals surface area contributed by atoms with Gasteiger partial charge in [0.2, 0.25) is 0 Å². The van der Waals surface area contributed by atoms with Crippen LogP contribution in [0.1, 0.15) is 56.3 Å². The zero-order valence-electron chi connectivity index (χ0n) is 17.5. The quantitative estimate of drug-likeness (QED) is 0.653. The first kappa shape index (κ1) is 20.6. The number of nitrogens with zero attached hydrogens (tertiary/aromatic N) is 5. The lowest BCUT2D eigenvalue weighted by Gasteiger charge is -2.12. The minimum absolute atomic E-state index is 0.231. The van der Waals surface area contributed by atoms with Gasteiger partial charge in [-0.25, -0.2) is 9.67 Å². The van der Waals surface area contributed by atoms with Crippen molar-refractivity contribution in [1.82, 2.24) is 24.5 Å². The molecule has 0 spiro atoms. The molecule has 7 heteroatoms. The number of carbonyl (C=O) groups excluding carboxylic acids is 1. The second-order valence-electron chi connectivity index (χ2n) is 6.28. The Hall–Kier alpha value is -2.70. The van der Waals surface area contributed by atoms with Gasteiger partial charge in [0.1, 0.15) is 0 Å². The van der Waals surface area contributed by atoms with Crippen LogP contribution in [0, 0.1) is 20.8 Å². The Bertz CT molecular complexity index is 955. The Kier molecular flexibility index (Phi) is 6.36. The Labute approximate surface area is 160 Å². The Balaban J connectivity index is 0.00000126. The van der Waals surface area contributed by atoms with Gasteiger partial charge in [-0.2, -0.15) is 10.2 Å². The Morgan fingerprint density at radius 3 is 2.48 bits per heavy atom. The standard InChI is InChI=1S/C18H23N5O2.C2H6/c1-7-25-18(24)10(2)16-12(4)20-23(13(16)5)15-8-14-9-22(6)21-17(14)19-11(15)3;1-2/h8-10H,7H2,1-6H3;1-2H3. The summed E-state index contributed by atoms with van der Waals surface area (Å²) in [5.74, 6) is -0.588. The van der Waals surface area contributed by atoms with Crippen molar-refractivity contribution in [3.05, 3.63) is 34.9 Å². The summed E-state index contributed by atoms with van der Waals surface area (Å²) in [6.45, 7) is 13.9. The largest absolute Gasteiger partial charge is 0.466 e. The first-order valence-electron chi connectivity index (χ1n) is 9.37. The Morgan fingerprint density at radius 1 is 1.19 bits per heavy atom. The van der Waals surface area contributed by atoms with Crippen molar-refractivity contribution in [2.75, 3.05) is 6.61 Å². The molecule has 0 radical (unpaired) electrons. The lowest BCUT2D eigenvalue weighted by Crippen LogP contribution is -2.14. The van der Waals surface area contributed by atoms with E-state index >= 15 is 0 Å². The van der Waals surface area contributed by atoms with Crippen molar-refractivity contribution in [2.24, 2.45) is 7.05 Å². The summed E-state index contributed by atoms with van der Waals surface area (Å²) in [4.78, 5) is 16.7. The maximum Gasteiger partial charge on any atom is 0.313 e. The monoisotopic (exact) mass is 371 g/mol. The molecule has 3 aromatic heterocycles. The van der Waals surface area contributed by atoms with E-state index in [0.717, 1.165) is 33.7 Å². The second kappa shape index (κ2) is 8.33. The minimum atomic E-state index is -0.357. The smallest absolute Gasteiger partial charge is 0.313 e. The number of aryl methyl sites for hydroxylation is 3. The highest BCUT2D eigenvalue weighted by atomic mass is 16.5. The van der Waals surface area contributed by atoms with Gasteiger partial charge in [-0.05, 0) is 40.7 Å². The van der Waals surface area contributed by atoms with Crippen LogP contribution in [0.4, 0.5) is 0 Å². The summed E-state index contributed by atoms with van der Waals surface area (Å²) in [5.41, 5.74) is 5.10. The van der Waals surface area contributed by atoms with Crippen LogP contribution in [-0.2, 0) is 16.6 Å². The molecule has 0 aliphatic rings. The van der Waals surface area contributed by atoms with Crippen molar-refractivity contribution in [3.63, 3.8) is 0 Å². The molecule has 0 saturated heterocycles. The first-order valence-corrected chi connectivity index (χ1v) is 9.37. The molecule has 0 aliphatic carbocycles. The maximum atomic E-state index is 12.2. The van der Waals surface area contributed by atoms with Crippen molar-refractivity contribution >= 4 is 17.0 Å². The summed E-state index contributed by atoms with van der Waals surface area (Å²) in [5, 5.41) is 9.95. The molecular formula is C20H29N5O2. The summed E-state index contributed by atoms with van der Waals surface area (Å²) in [6.07, 6.45) is 1.93. The number of hydrogen-bond donors (Lipinski definition) is 0. The number of esters is 1. The van der Waals surface area contributed by atoms with E-state index in [2.05, 4.69) is 15.2 Å². The van der Waals surface area contributed by atoms with Crippen molar-refractivity contribution < 1.29 is 9.53 Å². The molecule has 0 aliphatic heterocycles. The highest BCUT2D eigenvalue weighted by molar-refractivity contribution is 5.79. The summed E-state index contributed by atoms with van der Waals surface area (Å²) >= 11 is 0. The fourth-order valence-electron chi connectivity index (χ4n) is 3.27. The molecule has 7 nitrogen and oxygen atoms in total. The molecule has 27 heavy (non-hydrogen) atoms. The van der Waals surface area contributed by atoms with Gasteiger partial charge >= 0.3 is 5.97 Å². The molecule has 0 fully saturated rings. The summed E-state index contributed by atoms with van der Waals surface area (Å²) in [7, 11) is 1.87. The lowest BCUT2D eigenvalue weighted by molar-refractivity contribution is -0.144. The summed E-state index contributed by atoms with van der Waals surface area (Å²) < 4.78 is 8.77. The molecule has 0 bridgehead atoms. The van der Waals surface area contributed by atoms with E-state index in [4.69, 9.17) is 4.74 Å². The van der Waals surface area contributed by atoms with Gasteiger partial charge in [-0.3, -0.25) is 9.48 Å². The molecule has 0 N–H and O–H groups in total. The van der Waals surface area contributed by atoms with Gasteiger partial charge in [0.15, 0.2) is 5.65 Å². The lowest BCUT2D eigenvalue weighted by atomic mass is 9.99. The van der Waals surface area contributed by atoms with Gasteiger partial charge in [0, 0.05) is 29.9 Å². The number of aromatic nitrogens is 5. The van der Waals surface area contributed by atoms with E-state index in [1.807, 2.05) is 72.5 Å². The number of ether oxygens (including phenoxy) is 1. The Morgan fingerprint density at radius 2 is 1.85 bits per heavy atom. The predicted octanol–water partition coefficient (Wildman–Crippen LogP) is 3.77.